The van der Waals surface area contributed by atoms with E-state index < -0.39 is 11.8 Å². The Labute approximate surface area is 170 Å². The van der Waals surface area contributed by atoms with Crippen molar-refractivity contribution in [2.24, 2.45) is 5.92 Å². The Kier molecular flexibility index (Phi) is 7.51. The summed E-state index contributed by atoms with van der Waals surface area (Å²) in [7, 11) is 0. The van der Waals surface area contributed by atoms with Crippen molar-refractivity contribution in [3.63, 3.8) is 0 Å². The maximum Gasteiger partial charge on any atom is 0.270 e. The summed E-state index contributed by atoms with van der Waals surface area (Å²) >= 11 is 11.1. The molecule has 1 aromatic carbocycles. The van der Waals surface area contributed by atoms with Gasteiger partial charge in [0.2, 0.25) is 0 Å². The molecule has 27 heavy (non-hydrogen) atoms. The molecule has 1 unspecified atom stereocenters. The maximum atomic E-state index is 13.0. The van der Waals surface area contributed by atoms with Gasteiger partial charge in [-0.25, -0.2) is 0 Å². The lowest BCUT2D eigenvalue weighted by molar-refractivity contribution is -0.122. The predicted molar refractivity (Wildman–Crippen MR) is 115 cm³/mol. The zero-order valence-electron chi connectivity index (χ0n) is 15.5. The minimum absolute atomic E-state index is 0.0598. The number of carbonyl (C=O) groups excluding carboxylic acids is 2. The van der Waals surface area contributed by atoms with Crippen molar-refractivity contribution in [1.82, 2.24) is 5.32 Å². The lowest BCUT2D eigenvalue weighted by Gasteiger charge is -2.29. The number of amides is 2. The monoisotopic (exact) mass is 402 g/mol. The summed E-state index contributed by atoms with van der Waals surface area (Å²) < 4.78 is 0. The number of rotatable bonds is 7. The van der Waals surface area contributed by atoms with E-state index in [1.54, 1.807) is 30.3 Å². The van der Waals surface area contributed by atoms with Gasteiger partial charge in [0.05, 0.1) is 5.69 Å². The van der Waals surface area contributed by atoms with Crippen molar-refractivity contribution < 1.29 is 9.59 Å². The fraction of sp³-hybridized carbons (Fsp3) is 0.286. The summed E-state index contributed by atoms with van der Waals surface area (Å²) in [5.41, 5.74) is 1.56. The fourth-order valence-corrected chi connectivity index (χ4v) is 3.21. The quantitative estimate of drug-likeness (QED) is 0.304. The van der Waals surface area contributed by atoms with Crippen molar-refractivity contribution in [3.05, 3.63) is 65.2 Å². The predicted octanol–water partition coefficient (Wildman–Crippen LogP) is 4.95. The van der Waals surface area contributed by atoms with Gasteiger partial charge >= 0.3 is 0 Å². The Balaban J connectivity index is 2.40. The van der Waals surface area contributed by atoms with Crippen molar-refractivity contribution >= 4 is 46.4 Å². The molecule has 1 atom stereocenters. The Hall–Kier alpha value is -2.24. The SMILES string of the molecule is C=CCC(C=C(C=C1C(=O)NC(=S)N(c2ccc(Cl)cc2)C1=O)CC)CC. The van der Waals surface area contributed by atoms with Gasteiger partial charge in [0, 0.05) is 5.02 Å². The second kappa shape index (κ2) is 9.62. The molecule has 0 radical (unpaired) electrons. The number of nitrogens with one attached hydrogen (secondary N) is 1. The normalized spacial score (nSPS) is 17.9. The molecule has 2 rings (SSSR count). The fourth-order valence-electron chi connectivity index (χ4n) is 2.80. The average Bonchev–Trinajstić information content (AvgIpc) is 2.64. The van der Waals surface area contributed by atoms with Gasteiger partial charge in [-0.3, -0.25) is 19.8 Å². The van der Waals surface area contributed by atoms with E-state index in [1.807, 2.05) is 13.0 Å². The molecule has 0 spiro atoms. The van der Waals surface area contributed by atoms with Crippen LogP contribution in [0.2, 0.25) is 5.02 Å². The molecule has 1 N–H and O–H groups in total. The number of nitrogens with zero attached hydrogens (tertiary/aromatic N) is 1. The van der Waals surface area contributed by atoms with Gasteiger partial charge in [-0.2, -0.15) is 0 Å². The van der Waals surface area contributed by atoms with Crippen molar-refractivity contribution in [3.8, 4) is 0 Å². The smallest absolute Gasteiger partial charge is 0.270 e. The number of allylic oxidation sites excluding steroid dienone is 4. The maximum absolute atomic E-state index is 13.0. The van der Waals surface area contributed by atoms with Crippen molar-refractivity contribution in [1.29, 1.82) is 0 Å². The van der Waals surface area contributed by atoms with E-state index in [-0.39, 0.29) is 10.7 Å². The van der Waals surface area contributed by atoms with E-state index in [0.717, 1.165) is 18.4 Å². The molecular formula is C21H23ClN2O2S. The van der Waals surface area contributed by atoms with Gasteiger partial charge in [-0.05, 0) is 67.7 Å². The molecule has 142 valence electrons. The van der Waals surface area contributed by atoms with Gasteiger partial charge in [0.25, 0.3) is 11.8 Å². The third-order valence-electron chi connectivity index (χ3n) is 4.37. The Morgan fingerprint density at radius 3 is 2.52 bits per heavy atom. The zero-order valence-corrected chi connectivity index (χ0v) is 17.1. The lowest BCUT2D eigenvalue weighted by atomic mass is 9.96. The summed E-state index contributed by atoms with van der Waals surface area (Å²) in [6.45, 7) is 7.88. The molecule has 0 bridgehead atoms. The van der Waals surface area contributed by atoms with E-state index >= 15 is 0 Å². The molecule has 0 saturated carbocycles. The van der Waals surface area contributed by atoms with Crippen LogP contribution in [0.5, 0.6) is 0 Å². The first-order valence-corrected chi connectivity index (χ1v) is 9.68. The number of hydrogen-bond donors (Lipinski definition) is 1. The van der Waals surface area contributed by atoms with Gasteiger partial charge in [-0.1, -0.05) is 43.2 Å². The third-order valence-corrected chi connectivity index (χ3v) is 4.90. The molecule has 1 aliphatic rings. The second-order valence-electron chi connectivity index (χ2n) is 6.22. The molecule has 1 aliphatic heterocycles. The van der Waals surface area contributed by atoms with Crippen LogP contribution in [0.3, 0.4) is 0 Å². The van der Waals surface area contributed by atoms with Crippen LogP contribution in [0.1, 0.15) is 33.1 Å². The van der Waals surface area contributed by atoms with Crippen LogP contribution in [0, 0.1) is 5.92 Å². The number of carbonyl (C=O) groups is 2. The number of anilines is 1. The molecule has 4 nitrogen and oxygen atoms in total. The van der Waals surface area contributed by atoms with Crippen LogP contribution >= 0.6 is 23.8 Å². The van der Waals surface area contributed by atoms with E-state index in [1.165, 1.54) is 4.90 Å². The standard InChI is InChI=1S/C21H23ClN2O2S/c1-4-7-14(5-2)12-15(6-3)13-18-19(25)23-21(27)24(20(18)26)17-10-8-16(22)9-11-17/h4,8-14H,1,5-7H2,2-3H3,(H,23,25,27). The highest BCUT2D eigenvalue weighted by molar-refractivity contribution is 7.80. The number of hydrogen-bond acceptors (Lipinski definition) is 3. The van der Waals surface area contributed by atoms with Crippen LogP contribution < -0.4 is 10.2 Å². The van der Waals surface area contributed by atoms with E-state index in [4.69, 9.17) is 23.8 Å². The van der Waals surface area contributed by atoms with E-state index in [0.29, 0.717) is 23.0 Å². The Bertz CT molecular complexity index is 812. The van der Waals surface area contributed by atoms with Gasteiger partial charge in [-0.15, -0.1) is 6.58 Å². The first-order valence-electron chi connectivity index (χ1n) is 8.89. The van der Waals surface area contributed by atoms with Crippen LogP contribution in [0.15, 0.2) is 60.2 Å². The Morgan fingerprint density at radius 2 is 1.96 bits per heavy atom. The average molecular weight is 403 g/mol. The van der Waals surface area contributed by atoms with Crippen LogP contribution in [-0.2, 0) is 9.59 Å². The highest BCUT2D eigenvalue weighted by Crippen LogP contribution is 2.24. The summed E-state index contributed by atoms with van der Waals surface area (Å²) in [6.07, 6.45) is 8.17. The van der Waals surface area contributed by atoms with Crippen molar-refractivity contribution in [2.75, 3.05) is 4.90 Å². The molecule has 1 fully saturated rings. The molecule has 1 heterocycles. The first-order chi connectivity index (χ1) is 12.9. The number of halogens is 1. The summed E-state index contributed by atoms with van der Waals surface area (Å²) in [5, 5.41) is 3.21. The van der Waals surface area contributed by atoms with Gasteiger partial charge in [0.15, 0.2) is 5.11 Å². The number of benzene rings is 1. The molecule has 2 amide bonds. The topological polar surface area (TPSA) is 49.4 Å². The molecular weight excluding hydrogens is 380 g/mol. The second-order valence-corrected chi connectivity index (χ2v) is 7.05. The van der Waals surface area contributed by atoms with Crippen molar-refractivity contribution in [2.45, 2.75) is 33.1 Å². The molecule has 1 aromatic rings. The first kappa shape index (κ1) is 21.1. The van der Waals surface area contributed by atoms with Gasteiger partial charge in [0.1, 0.15) is 5.57 Å². The highest BCUT2D eigenvalue weighted by Gasteiger charge is 2.34. The van der Waals surface area contributed by atoms with Crippen LogP contribution in [0.25, 0.3) is 0 Å². The highest BCUT2D eigenvalue weighted by atomic mass is 35.5. The summed E-state index contributed by atoms with van der Waals surface area (Å²) in [4.78, 5) is 26.7. The van der Waals surface area contributed by atoms with E-state index in [2.05, 4.69) is 24.9 Å². The van der Waals surface area contributed by atoms with Crippen LogP contribution in [-0.4, -0.2) is 16.9 Å². The summed E-state index contributed by atoms with van der Waals surface area (Å²) in [5.74, 6) is -0.599. The zero-order chi connectivity index (χ0) is 20.0. The molecule has 0 aliphatic carbocycles. The number of thiocarbonyl (C=S) groups is 1. The van der Waals surface area contributed by atoms with Gasteiger partial charge < -0.3 is 0 Å². The lowest BCUT2D eigenvalue weighted by Crippen LogP contribution is -2.54. The van der Waals surface area contributed by atoms with E-state index in [9.17, 15) is 9.59 Å². The minimum atomic E-state index is -0.480. The summed E-state index contributed by atoms with van der Waals surface area (Å²) in [6, 6.07) is 6.72. The van der Waals surface area contributed by atoms with Crippen LogP contribution in [0.4, 0.5) is 5.69 Å². The minimum Gasteiger partial charge on any atom is -0.298 e. The molecule has 1 saturated heterocycles. The largest absolute Gasteiger partial charge is 0.298 e. The third kappa shape index (κ3) is 5.15. The molecule has 6 heteroatoms. The Morgan fingerprint density at radius 1 is 1.30 bits per heavy atom. The molecule has 0 aromatic heterocycles.